The van der Waals surface area contributed by atoms with Crippen LogP contribution in [0.15, 0.2) is 0 Å². The van der Waals surface area contributed by atoms with Gasteiger partial charge in [-0.25, -0.2) is 0 Å². The molecule has 0 amide bonds. The van der Waals surface area contributed by atoms with E-state index in [4.69, 9.17) is 5.11 Å². The lowest BCUT2D eigenvalue weighted by atomic mass is 10.1. The third-order valence-electron chi connectivity index (χ3n) is 4.38. The van der Waals surface area contributed by atoms with Gasteiger partial charge in [-0.1, -0.05) is 12.8 Å². The van der Waals surface area contributed by atoms with Gasteiger partial charge in [0.15, 0.2) is 0 Å². The topological polar surface area (TPSA) is 35.5 Å². The van der Waals surface area contributed by atoms with Gasteiger partial charge in [-0.3, -0.25) is 4.90 Å². The van der Waals surface area contributed by atoms with Gasteiger partial charge in [0, 0.05) is 37.8 Å². The van der Waals surface area contributed by atoms with Crippen LogP contribution in [0.1, 0.15) is 51.9 Å². The first-order valence-electron chi connectivity index (χ1n) is 7.40. The predicted octanol–water partition coefficient (Wildman–Crippen LogP) is 1.75. The Hall–Kier alpha value is -0.120. The number of hydrogen-bond acceptors (Lipinski definition) is 3. The van der Waals surface area contributed by atoms with E-state index in [1.165, 1.54) is 45.2 Å². The van der Waals surface area contributed by atoms with Crippen molar-refractivity contribution in [3.63, 3.8) is 0 Å². The van der Waals surface area contributed by atoms with Gasteiger partial charge in [0.25, 0.3) is 0 Å². The van der Waals surface area contributed by atoms with E-state index in [1.54, 1.807) is 0 Å². The van der Waals surface area contributed by atoms with Crippen LogP contribution in [0.2, 0.25) is 0 Å². The molecule has 3 nitrogen and oxygen atoms in total. The van der Waals surface area contributed by atoms with Gasteiger partial charge in [-0.2, -0.15) is 0 Å². The highest BCUT2D eigenvalue weighted by Crippen LogP contribution is 2.26. The first-order chi connectivity index (χ1) is 8.29. The van der Waals surface area contributed by atoms with Crippen LogP contribution >= 0.6 is 0 Å². The van der Waals surface area contributed by atoms with Crippen molar-refractivity contribution < 1.29 is 5.11 Å². The van der Waals surface area contributed by atoms with Crippen LogP contribution in [0.3, 0.4) is 0 Å². The minimum absolute atomic E-state index is 0.324. The highest BCUT2D eigenvalue weighted by Gasteiger charge is 2.30. The fraction of sp³-hybridized carbons (Fsp3) is 1.00. The van der Waals surface area contributed by atoms with Gasteiger partial charge in [0.2, 0.25) is 0 Å². The Morgan fingerprint density at radius 3 is 2.76 bits per heavy atom. The first kappa shape index (κ1) is 13.3. The van der Waals surface area contributed by atoms with E-state index < -0.39 is 0 Å². The summed E-state index contributed by atoms with van der Waals surface area (Å²) in [6.45, 7) is 5.10. The zero-order chi connectivity index (χ0) is 12.1. The summed E-state index contributed by atoms with van der Waals surface area (Å²) in [6, 6.07) is 2.12. The predicted molar refractivity (Wildman–Crippen MR) is 71.2 cm³/mol. The summed E-state index contributed by atoms with van der Waals surface area (Å²) < 4.78 is 0. The maximum Gasteiger partial charge on any atom is 0.0431 e. The fourth-order valence-corrected chi connectivity index (χ4v) is 3.41. The number of aliphatic hydroxyl groups is 1. The summed E-state index contributed by atoms with van der Waals surface area (Å²) in [5.74, 6) is 0. The molecule has 1 aliphatic heterocycles. The maximum absolute atomic E-state index is 8.83. The van der Waals surface area contributed by atoms with E-state index in [2.05, 4.69) is 17.1 Å². The van der Waals surface area contributed by atoms with E-state index in [0.29, 0.717) is 18.7 Å². The third kappa shape index (κ3) is 3.94. The minimum Gasteiger partial charge on any atom is -0.396 e. The van der Waals surface area contributed by atoms with Gasteiger partial charge in [0.05, 0.1) is 0 Å². The van der Waals surface area contributed by atoms with Crippen LogP contribution in [0, 0.1) is 0 Å². The van der Waals surface area contributed by atoms with Crippen molar-refractivity contribution in [1.82, 2.24) is 10.2 Å². The summed E-state index contributed by atoms with van der Waals surface area (Å²) in [4.78, 5) is 2.70. The van der Waals surface area contributed by atoms with Crippen LogP contribution in [0.4, 0.5) is 0 Å². The van der Waals surface area contributed by atoms with Crippen molar-refractivity contribution in [2.45, 2.75) is 70.0 Å². The summed E-state index contributed by atoms with van der Waals surface area (Å²) in [5.41, 5.74) is 0. The van der Waals surface area contributed by atoms with Gasteiger partial charge in [-0.05, 0) is 39.0 Å². The van der Waals surface area contributed by atoms with E-state index in [0.717, 1.165) is 18.9 Å². The largest absolute Gasteiger partial charge is 0.396 e. The van der Waals surface area contributed by atoms with Gasteiger partial charge < -0.3 is 10.4 Å². The standard InChI is InChI=1S/C14H28N2O/c1-12(5-4-10-17)15-13-8-9-16(11-13)14-6-2-3-7-14/h12-15,17H,2-11H2,1H3/t12-,13+/m0/s1. The molecule has 2 N–H and O–H groups in total. The van der Waals surface area contributed by atoms with Crippen molar-refractivity contribution in [3.8, 4) is 0 Å². The molecule has 1 saturated heterocycles. The van der Waals surface area contributed by atoms with Crippen LogP contribution in [0.5, 0.6) is 0 Å². The first-order valence-corrected chi connectivity index (χ1v) is 7.40. The highest BCUT2D eigenvalue weighted by atomic mass is 16.2. The Morgan fingerprint density at radius 1 is 1.29 bits per heavy atom. The smallest absolute Gasteiger partial charge is 0.0431 e. The van der Waals surface area contributed by atoms with E-state index in [1.807, 2.05) is 0 Å². The van der Waals surface area contributed by atoms with Crippen molar-refractivity contribution in [1.29, 1.82) is 0 Å². The molecule has 2 rings (SSSR count). The Bertz CT molecular complexity index is 216. The molecule has 100 valence electrons. The lowest BCUT2D eigenvalue weighted by Crippen LogP contribution is -2.40. The van der Waals surface area contributed by atoms with Crippen molar-refractivity contribution in [3.05, 3.63) is 0 Å². The molecule has 0 bridgehead atoms. The quantitative estimate of drug-likeness (QED) is 0.742. The molecule has 0 aromatic rings. The Kier molecular flexibility index (Phi) is 5.26. The van der Waals surface area contributed by atoms with Crippen LogP contribution in [-0.4, -0.2) is 47.8 Å². The van der Waals surface area contributed by atoms with E-state index in [9.17, 15) is 0 Å². The zero-order valence-electron chi connectivity index (χ0n) is 11.2. The second kappa shape index (κ2) is 6.72. The van der Waals surface area contributed by atoms with Crippen molar-refractivity contribution in [2.24, 2.45) is 0 Å². The molecule has 0 aromatic carbocycles. The number of aliphatic hydroxyl groups excluding tert-OH is 1. The highest BCUT2D eigenvalue weighted by molar-refractivity contribution is 4.88. The molecule has 3 heteroatoms. The fourth-order valence-electron chi connectivity index (χ4n) is 3.41. The van der Waals surface area contributed by atoms with Crippen molar-refractivity contribution >= 4 is 0 Å². The van der Waals surface area contributed by atoms with E-state index >= 15 is 0 Å². The summed E-state index contributed by atoms with van der Waals surface area (Å²) in [6.07, 6.45) is 9.04. The minimum atomic E-state index is 0.324. The number of nitrogens with zero attached hydrogens (tertiary/aromatic N) is 1. The number of likely N-dealkylation sites (tertiary alicyclic amines) is 1. The number of hydrogen-bond donors (Lipinski definition) is 2. The molecule has 2 atom stereocenters. The van der Waals surface area contributed by atoms with Gasteiger partial charge >= 0.3 is 0 Å². The SMILES string of the molecule is C[C@@H](CCCO)N[C@@H]1CCN(C2CCCC2)C1. The molecule has 0 spiro atoms. The molecule has 2 fully saturated rings. The second-order valence-electron chi connectivity index (χ2n) is 5.85. The average Bonchev–Trinajstić information content (AvgIpc) is 2.95. The summed E-state index contributed by atoms with van der Waals surface area (Å²) >= 11 is 0. The number of nitrogens with one attached hydrogen (secondary N) is 1. The van der Waals surface area contributed by atoms with Gasteiger partial charge in [0.1, 0.15) is 0 Å². The molecule has 1 aliphatic carbocycles. The Morgan fingerprint density at radius 2 is 2.06 bits per heavy atom. The monoisotopic (exact) mass is 240 g/mol. The Labute approximate surface area is 106 Å². The summed E-state index contributed by atoms with van der Waals surface area (Å²) in [5, 5.41) is 12.5. The maximum atomic E-state index is 8.83. The van der Waals surface area contributed by atoms with Crippen LogP contribution in [0.25, 0.3) is 0 Å². The van der Waals surface area contributed by atoms with Crippen LogP contribution in [-0.2, 0) is 0 Å². The molecule has 0 radical (unpaired) electrons. The molecule has 0 unspecified atom stereocenters. The average molecular weight is 240 g/mol. The number of rotatable bonds is 6. The molecule has 17 heavy (non-hydrogen) atoms. The molecular weight excluding hydrogens is 212 g/mol. The van der Waals surface area contributed by atoms with Gasteiger partial charge in [-0.15, -0.1) is 0 Å². The molecule has 1 heterocycles. The third-order valence-corrected chi connectivity index (χ3v) is 4.38. The molecule has 1 saturated carbocycles. The Balaban J connectivity index is 1.66. The zero-order valence-corrected chi connectivity index (χ0v) is 11.2. The molecule has 2 aliphatic rings. The lowest BCUT2D eigenvalue weighted by Gasteiger charge is -2.24. The second-order valence-corrected chi connectivity index (χ2v) is 5.85. The van der Waals surface area contributed by atoms with E-state index in [-0.39, 0.29) is 0 Å². The lowest BCUT2D eigenvalue weighted by molar-refractivity contribution is 0.236. The summed E-state index contributed by atoms with van der Waals surface area (Å²) in [7, 11) is 0. The molecular formula is C14H28N2O. The molecule has 0 aromatic heterocycles. The normalized spacial score (nSPS) is 28.9. The van der Waals surface area contributed by atoms with Crippen LogP contribution < -0.4 is 5.32 Å². The van der Waals surface area contributed by atoms with Crippen molar-refractivity contribution in [2.75, 3.05) is 19.7 Å².